The Bertz CT molecular complexity index is 1170. The fraction of sp³-hybridized carbons (Fsp3) is 0.292. The Morgan fingerprint density at radius 1 is 1.03 bits per heavy atom. The van der Waals surface area contributed by atoms with Gasteiger partial charge in [0.1, 0.15) is 0 Å². The third-order valence-electron chi connectivity index (χ3n) is 5.98. The molecule has 1 saturated carbocycles. The van der Waals surface area contributed by atoms with Crippen molar-refractivity contribution < 1.29 is 14.4 Å². The van der Waals surface area contributed by atoms with Gasteiger partial charge in [-0.15, -0.1) is 0 Å². The molecule has 1 aliphatic carbocycles. The number of aromatic nitrogens is 1. The maximum Gasteiger partial charge on any atom is 0.267 e. The number of nitrogens with zero attached hydrogens (tertiary/aromatic N) is 4. The molecule has 2 aliphatic heterocycles. The van der Waals surface area contributed by atoms with Crippen molar-refractivity contribution in [1.82, 2.24) is 9.88 Å². The van der Waals surface area contributed by atoms with Crippen LogP contribution in [-0.2, 0) is 14.4 Å². The summed E-state index contributed by atoms with van der Waals surface area (Å²) in [4.78, 5) is 51.4. The monoisotopic (exact) mass is 446 g/mol. The van der Waals surface area contributed by atoms with Crippen LogP contribution in [0.4, 0.5) is 11.5 Å². The molecule has 1 aromatic heterocycles. The number of thioether (sulfide) groups is 1. The minimum atomic E-state index is -0.461. The molecule has 3 heterocycles. The highest BCUT2D eigenvalue weighted by Gasteiger charge is 2.45. The highest BCUT2D eigenvalue weighted by atomic mass is 32.2. The van der Waals surface area contributed by atoms with E-state index in [0.29, 0.717) is 27.1 Å². The number of carbonyl (C=O) groups excluding carboxylic acids is 3. The first-order chi connectivity index (χ1) is 15.6. The molecular formula is C24H22N4O3S. The molecule has 5 rings (SSSR count). The lowest BCUT2D eigenvalue weighted by Gasteiger charge is -2.30. The molecule has 0 N–H and O–H groups in total. The molecule has 162 valence electrons. The second-order valence-electron chi connectivity index (χ2n) is 8.03. The van der Waals surface area contributed by atoms with Crippen molar-refractivity contribution in [2.45, 2.75) is 45.1 Å². The number of amides is 3. The number of para-hydroxylation sites is 1. The molecule has 2 aromatic rings. The second-order valence-corrected chi connectivity index (χ2v) is 9.01. The maximum atomic E-state index is 13.7. The molecule has 32 heavy (non-hydrogen) atoms. The molecule has 0 spiro atoms. The van der Waals surface area contributed by atoms with Crippen LogP contribution in [0.1, 0.15) is 44.6 Å². The summed E-state index contributed by atoms with van der Waals surface area (Å²) >= 11 is 1.20. The van der Waals surface area contributed by atoms with Crippen molar-refractivity contribution in [3.8, 4) is 0 Å². The predicted octanol–water partition coefficient (Wildman–Crippen LogP) is 4.28. The van der Waals surface area contributed by atoms with Gasteiger partial charge in [0.25, 0.3) is 11.8 Å². The lowest BCUT2D eigenvalue weighted by Crippen LogP contribution is -2.40. The number of aliphatic imine (C=N–C) groups is 1. The summed E-state index contributed by atoms with van der Waals surface area (Å²) in [5, 5.41) is 0.537. The third kappa shape index (κ3) is 3.44. The van der Waals surface area contributed by atoms with E-state index in [0.717, 1.165) is 37.0 Å². The number of carbonyl (C=O) groups is 3. The average molecular weight is 447 g/mol. The van der Waals surface area contributed by atoms with Gasteiger partial charge >= 0.3 is 0 Å². The smallest absolute Gasteiger partial charge is 0.267 e. The highest BCUT2D eigenvalue weighted by molar-refractivity contribution is 8.18. The first-order valence-corrected chi connectivity index (χ1v) is 11.6. The number of rotatable bonds is 2. The van der Waals surface area contributed by atoms with Gasteiger partial charge in [-0.1, -0.05) is 43.5 Å². The van der Waals surface area contributed by atoms with Crippen molar-refractivity contribution in [2.75, 3.05) is 4.90 Å². The van der Waals surface area contributed by atoms with Crippen molar-refractivity contribution in [1.29, 1.82) is 0 Å². The van der Waals surface area contributed by atoms with Gasteiger partial charge in [-0.05, 0) is 42.8 Å². The number of fused-ring (bicyclic) bond motifs is 1. The van der Waals surface area contributed by atoms with Crippen LogP contribution >= 0.6 is 11.8 Å². The Hall–Kier alpha value is -3.26. The third-order valence-corrected chi connectivity index (χ3v) is 7.04. The van der Waals surface area contributed by atoms with Gasteiger partial charge in [-0.2, -0.15) is 0 Å². The Labute approximate surface area is 190 Å². The number of hydrogen-bond acceptors (Lipinski definition) is 6. The van der Waals surface area contributed by atoms with Crippen LogP contribution in [0.15, 0.2) is 58.6 Å². The van der Waals surface area contributed by atoms with Gasteiger partial charge in [0.2, 0.25) is 5.91 Å². The Balaban J connectivity index is 1.64. The Kier molecular flexibility index (Phi) is 5.38. The molecule has 1 aromatic carbocycles. The van der Waals surface area contributed by atoms with E-state index in [1.165, 1.54) is 18.7 Å². The van der Waals surface area contributed by atoms with Gasteiger partial charge in [0.15, 0.2) is 11.0 Å². The highest BCUT2D eigenvalue weighted by Crippen LogP contribution is 2.46. The zero-order chi connectivity index (χ0) is 22.2. The van der Waals surface area contributed by atoms with E-state index in [9.17, 15) is 14.4 Å². The largest absolute Gasteiger partial charge is 0.283 e. The Morgan fingerprint density at radius 3 is 2.50 bits per heavy atom. The van der Waals surface area contributed by atoms with Crippen molar-refractivity contribution in [2.24, 2.45) is 4.99 Å². The molecule has 0 radical (unpaired) electrons. The number of pyridine rings is 1. The normalized spacial score (nSPS) is 22.7. The lowest BCUT2D eigenvalue weighted by molar-refractivity contribution is -0.125. The van der Waals surface area contributed by atoms with Gasteiger partial charge < -0.3 is 0 Å². The first kappa shape index (κ1) is 20.6. The SMILES string of the molecule is CC(=O)N1C(=O)/C(=C2\S/C(=N/c3ccccn3)N(C3CCCCC3)C2=O)c2ccccc21. The molecule has 1 saturated heterocycles. The van der Waals surface area contributed by atoms with E-state index in [2.05, 4.69) is 9.98 Å². The van der Waals surface area contributed by atoms with Crippen LogP contribution in [0.5, 0.6) is 0 Å². The van der Waals surface area contributed by atoms with Crippen LogP contribution in [0.2, 0.25) is 0 Å². The summed E-state index contributed by atoms with van der Waals surface area (Å²) in [6.07, 6.45) is 6.74. The minimum absolute atomic E-state index is 0.0416. The van der Waals surface area contributed by atoms with Crippen molar-refractivity contribution in [3.05, 3.63) is 59.1 Å². The van der Waals surface area contributed by atoms with Gasteiger partial charge in [-0.3, -0.25) is 19.3 Å². The number of imide groups is 1. The van der Waals surface area contributed by atoms with Crippen LogP contribution < -0.4 is 4.90 Å². The maximum absolute atomic E-state index is 13.7. The summed E-state index contributed by atoms with van der Waals surface area (Å²) in [5.41, 5.74) is 1.39. The van der Waals surface area contributed by atoms with E-state index in [1.807, 2.05) is 18.2 Å². The van der Waals surface area contributed by atoms with Gasteiger partial charge in [-0.25, -0.2) is 14.9 Å². The van der Waals surface area contributed by atoms with Crippen molar-refractivity contribution >= 4 is 51.7 Å². The van der Waals surface area contributed by atoms with E-state index < -0.39 is 5.91 Å². The lowest BCUT2D eigenvalue weighted by atomic mass is 9.94. The van der Waals surface area contributed by atoms with Crippen LogP contribution in [0.25, 0.3) is 5.57 Å². The molecule has 7 nitrogen and oxygen atoms in total. The van der Waals surface area contributed by atoms with Crippen molar-refractivity contribution in [3.63, 3.8) is 0 Å². The Morgan fingerprint density at radius 2 is 1.78 bits per heavy atom. The fourth-order valence-corrected chi connectivity index (χ4v) is 5.68. The van der Waals surface area contributed by atoms with Crippen LogP contribution in [0.3, 0.4) is 0 Å². The first-order valence-electron chi connectivity index (χ1n) is 10.8. The average Bonchev–Trinajstić information content (AvgIpc) is 3.27. The van der Waals surface area contributed by atoms with E-state index in [1.54, 1.807) is 35.4 Å². The topological polar surface area (TPSA) is 82.9 Å². The zero-order valence-corrected chi connectivity index (χ0v) is 18.5. The zero-order valence-electron chi connectivity index (χ0n) is 17.7. The summed E-state index contributed by atoms with van der Waals surface area (Å²) in [6, 6.07) is 12.6. The summed E-state index contributed by atoms with van der Waals surface area (Å²) in [7, 11) is 0. The summed E-state index contributed by atoms with van der Waals surface area (Å²) in [6.45, 7) is 1.36. The van der Waals surface area contributed by atoms with E-state index in [-0.39, 0.29) is 23.4 Å². The fourth-order valence-electron chi connectivity index (χ4n) is 4.54. The standard InChI is InChI=1S/C24H22N4O3S/c1-15(29)27-18-12-6-5-11-17(18)20(22(27)30)21-23(31)28(16-9-3-2-4-10-16)24(32-21)26-19-13-7-8-14-25-19/h5-8,11-14,16H,2-4,9-10H2,1H3/b21-20-,26-24+. The molecular weight excluding hydrogens is 424 g/mol. The minimum Gasteiger partial charge on any atom is -0.283 e. The second kappa shape index (κ2) is 8.35. The molecule has 3 aliphatic rings. The molecule has 3 amide bonds. The summed E-state index contributed by atoms with van der Waals surface area (Å²) < 4.78 is 0. The van der Waals surface area contributed by atoms with Gasteiger partial charge in [0, 0.05) is 24.7 Å². The number of benzene rings is 1. The summed E-state index contributed by atoms with van der Waals surface area (Å²) in [5.74, 6) is -0.546. The molecule has 2 fully saturated rings. The van der Waals surface area contributed by atoms with E-state index >= 15 is 0 Å². The van der Waals surface area contributed by atoms with E-state index in [4.69, 9.17) is 0 Å². The number of amidine groups is 1. The quantitative estimate of drug-likeness (QED) is 0.643. The predicted molar refractivity (Wildman–Crippen MR) is 124 cm³/mol. The van der Waals surface area contributed by atoms with Crippen LogP contribution in [0, 0.1) is 0 Å². The number of hydrogen-bond donors (Lipinski definition) is 0. The number of anilines is 1. The molecule has 0 unspecified atom stereocenters. The molecule has 0 bridgehead atoms. The molecule has 0 atom stereocenters. The van der Waals surface area contributed by atoms with Gasteiger partial charge in [0.05, 0.1) is 16.2 Å². The molecule has 8 heteroatoms. The van der Waals surface area contributed by atoms with Crippen LogP contribution in [-0.4, -0.2) is 38.8 Å².